The number of likely N-dealkylation sites (N-methyl/N-ethyl adjacent to an activating group) is 1. The van der Waals surface area contributed by atoms with E-state index in [9.17, 15) is 18.0 Å². The summed E-state index contributed by atoms with van der Waals surface area (Å²) in [4.78, 5) is 28.0. The van der Waals surface area contributed by atoms with E-state index in [1.807, 2.05) is 6.92 Å². The van der Waals surface area contributed by atoms with Crippen LogP contribution in [-0.4, -0.2) is 50.9 Å². The summed E-state index contributed by atoms with van der Waals surface area (Å²) in [5.74, 6) is -0.358. The Morgan fingerprint density at radius 2 is 1.64 bits per heavy atom. The van der Waals surface area contributed by atoms with Gasteiger partial charge in [0.25, 0.3) is 10.0 Å². The Morgan fingerprint density at radius 3 is 2.23 bits per heavy atom. The molecule has 208 valence electrons. The van der Waals surface area contributed by atoms with E-state index in [0.717, 1.165) is 4.31 Å². The molecule has 0 saturated heterocycles. The number of rotatable bonds is 12. The monoisotopic (exact) mass is 635 g/mol. The van der Waals surface area contributed by atoms with Gasteiger partial charge in [-0.1, -0.05) is 45.7 Å². The average Bonchev–Trinajstić information content (AvgIpc) is 2.92. The topological polar surface area (TPSA) is 96.0 Å². The number of benzene rings is 3. The minimum atomic E-state index is -4.16. The van der Waals surface area contributed by atoms with Crippen LogP contribution in [0.5, 0.6) is 5.75 Å². The second-order valence-corrected chi connectivity index (χ2v) is 11.8. The SMILES string of the molecule is CCNC(=O)[C@H](C)N(Cc1ccccc1Cl)C(=O)CN(c1ccc(OCC)cc1)S(=O)(=O)c1ccc(Br)cc1. The van der Waals surface area contributed by atoms with Crippen molar-refractivity contribution in [3.8, 4) is 5.75 Å². The van der Waals surface area contributed by atoms with Crippen molar-refractivity contribution < 1.29 is 22.7 Å². The van der Waals surface area contributed by atoms with E-state index in [-0.39, 0.29) is 23.0 Å². The largest absolute Gasteiger partial charge is 0.494 e. The molecule has 1 atom stereocenters. The molecule has 3 rings (SSSR count). The van der Waals surface area contributed by atoms with Gasteiger partial charge in [-0.25, -0.2) is 8.42 Å². The minimum absolute atomic E-state index is 0.0156. The molecule has 2 amide bonds. The Balaban J connectivity index is 2.04. The number of sulfonamides is 1. The van der Waals surface area contributed by atoms with E-state index in [0.29, 0.717) is 34.0 Å². The van der Waals surface area contributed by atoms with E-state index in [1.165, 1.54) is 17.0 Å². The van der Waals surface area contributed by atoms with E-state index < -0.39 is 28.5 Å². The molecular weight excluding hydrogens is 606 g/mol. The van der Waals surface area contributed by atoms with Gasteiger partial charge in [-0.05, 0) is 80.9 Å². The molecule has 0 bridgehead atoms. The fourth-order valence-electron chi connectivity index (χ4n) is 3.85. The van der Waals surface area contributed by atoms with Crippen molar-refractivity contribution in [2.75, 3.05) is 24.0 Å². The molecule has 3 aromatic carbocycles. The van der Waals surface area contributed by atoms with Crippen molar-refractivity contribution in [2.45, 2.75) is 38.3 Å². The van der Waals surface area contributed by atoms with Crippen LogP contribution < -0.4 is 14.4 Å². The zero-order valence-corrected chi connectivity index (χ0v) is 25.1. The first-order valence-electron chi connectivity index (χ1n) is 12.4. The number of carbonyl (C=O) groups excluding carboxylic acids is 2. The molecule has 0 aromatic heterocycles. The number of halogens is 2. The third-order valence-electron chi connectivity index (χ3n) is 5.93. The summed E-state index contributed by atoms with van der Waals surface area (Å²) in [5.41, 5.74) is 0.908. The van der Waals surface area contributed by atoms with Crippen LogP contribution in [0.3, 0.4) is 0 Å². The van der Waals surface area contributed by atoms with Crippen molar-refractivity contribution in [2.24, 2.45) is 0 Å². The highest BCUT2D eigenvalue weighted by molar-refractivity contribution is 9.10. The maximum Gasteiger partial charge on any atom is 0.264 e. The molecule has 0 fully saturated rings. The zero-order valence-electron chi connectivity index (χ0n) is 21.9. The van der Waals surface area contributed by atoms with Crippen LogP contribution in [0.25, 0.3) is 0 Å². The fraction of sp³-hybridized carbons (Fsp3) is 0.286. The van der Waals surface area contributed by atoms with Gasteiger partial charge in [-0.15, -0.1) is 0 Å². The first-order chi connectivity index (χ1) is 18.6. The van der Waals surface area contributed by atoms with Gasteiger partial charge >= 0.3 is 0 Å². The average molecular weight is 637 g/mol. The molecule has 1 N–H and O–H groups in total. The lowest BCUT2D eigenvalue weighted by molar-refractivity contribution is -0.139. The van der Waals surface area contributed by atoms with Crippen LogP contribution in [0.4, 0.5) is 5.69 Å². The lowest BCUT2D eigenvalue weighted by Crippen LogP contribution is -2.51. The lowest BCUT2D eigenvalue weighted by atomic mass is 10.1. The molecule has 0 aliphatic rings. The Morgan fingerprint density at radius 1 is 1.00 bits per heavy atom. The Hall–Kier alpha value is -3.08. The summed E-state index contributed by atoms with van der Waals surface area (Å²) in [6, 6.07) is 18.7. The van der Waals surface area contributed by atoms with Gasteiger partial charge in [-0.2, -0.15) is 0 Å². The molecule has 0 radical (unpaired) electrons. The van der Waals surface area contributed by atoms with Crippen LogP contribution in [0.2, 0.25) is 5.02 Å². The maximum absolute atomic E-state index is 13.9. The van der Waals surface area contributed by atoms with Crippen LogP contribution in [0.1, 0.15) is 26.3 Å². The van der Waals surface area contributed by atoms with E-state index >= 15 is 0 Å². The van der Waals surface area contributed by atoms with Gasteiger partial charge in [0, 0.05) is 22.6 Å². The Labute approximate surface area is 243 Å². The van der Waals surface area contributed by atoms with Crippen LogP contribution in [0.15, 0.2) is 82.2 Å². The Bertz CT molecular complexity index is 1390. The van der Waals surface area contributed by atoms with Gasteiger partial charge in [-0.3, -0.25) is 13.9 Å². The second kappa shape index (κ2) is 13.8. The highest BCUT2D eigenvalue weighted by Crippen LogP contribution is 2.28. The minimum Gasteiger partial charge on any atom is -0.494 e. The normalized spacial score (nSPS) is 11.9. The number of hydrogen-bond acceptors (Lipinski definition) is 5. The summed E-state index contributed by atoms with van der Waals surface area (Å²) in [5, 5.41) is 3.16. The third-order valence-corrected chi connectivity index (χ3v) is 8.62. The van der Waals surface area contributed by atoms with Gasteiger partial charge in [0.2, 0.25) is 11.8 Å². The van der Waals surface area contributed by atoms with Crippen molar-refractivity contribution in [3.63, 3.8) is 0 Å². The molecule has 0 aliphatic carbocycles. The van der Waals surface area contributed by atoms with Crippen molar-refractivity contribution in [1.29, 1.82) is 0 Å². The number of nitrogens with one attached hydrogen (secondary N) is 1. The van der Waals surface area contributed by atoms with Crippen LogP contribution >= 0.6 is 27.5 Å². The fourth-order valence-corrected chi connectivity index (χ4v) is 5.73. The van der Waals surface area contributed by atoms with Gasteiger partial charge in [0.1, 0.15) is 18.3 Å². The van der Waals surface area contributed by atoms with E-state index in [2.05, 4.69) is 21.2 Å². The molecule has 0 unspecified atom stereocenters. The standard InChI is InChI=1S/C28H31BrClN3O5S/c1-4-31-28(35)20(3)32(18-21-8-6-7-9-26(21)30)27(34)19-33(23-12-14-24(15-13-23)38-5-2)39(36,37)25-16-10-22(29)11-17-25/h6-17,20H,4-5,18-19H2,1-3H3,(H,31,35)/t20-/m0/s1. The van der Waals surface area contributed by atoms with Crippen LogP contribution in [0, 0.1) is 0 Å². The lowest BCUT2D eigenvalue weighted by Gasteiger charge is -2.32. The quantitative estimate of drug-likeness (QED) is 0.293. The molecule has 3 aromatic rings. The Kier molecular flexibility index (Phi) is 10.8. The summed E-state index contributed by atoms with van der Waals surface area (Å²) < 4.78 is 34.9. The molecule has 0 aliphatic heterocycles. The molecular formula is C28H31BrClN3O5S. The van der Waals surface area contributed by atoms with Gasteiger partial charge in [0.05, 0.1) is 17.2 Å². The summed E-state index contributed by atoms with van der Waals surface area (Å²) in [6.07, 6.45) is 0. The van der Waals surface area contributed by atoms with Gasteiger partial charge < -0.3 is 15.0 Å². The predicted octanol–water partition coefficient (Wildman–Crippen LogP) is 5.25. The molecule has 8 nitrogen and oxygen atoms in total. The number of hydrogen-bond donors (Lipinski definition) is 1. The highest BCUT2D eigenvalue weighted by Gasteiger charge is 2.32. The third kappa shape index (κ3) is 7.74. The van der Waals surface area contributed by atoms with Crippen LogP contribution in [-0.2, 0) is 26.2 Å². The molecule has 0 spiro atoms. The molecule has 39 heavy (non-hydrogen) atoms. The number of amides is 2. The molecule has 0 saturated carbocycles. The first-order valence-corrected chi connectivity index (χ1v) is 15.0. The first kappa shape index (κ1) is 30.5. The second-order valence-electron chi connectivity index (χ2n) is 8.58. The summed E-state index contributed by atoms with van der Waals surface area (Å²) >= 11 is 9.69. The number of nitrogens with zero attached hydrogens (tertiary/aromatic N) is 2. The molecule has 11 heteroatoms. The van der Waals surface area contributed by atoms with Crippen molar-refractivity contribution in [3.05, 3.63) is 87.9 Å². The number of anilines is 1. The summed E-state index contributed by atoms with van der Waals surface area (Å²) in [6.45, 7) is 5.54. The van der Waals surface area contributed by atoms with E-state index in [1.54, 1.807) is 74.5 Å². The predicted molar refractivity (Wildman–Crippen MR) is 156 cm³/mol. The smallest absolute Gasteiger partial charge is 0.264 e. The van der Waals surface area contributed by atoms with Gasteiger partial charge in [0.15, 0.2) is 0 Å². The number of ether oxygens (including phenoxy) is 1. The number of carbonyl (C=O) groups is 2. The van der Waals surface area contributed by atoms with Crippen molar-refractivity contribution >= 4 is 55.1 Å². The molecule has 0 heterocycles. The maximum atomic E-state index is 13.9. The summed E-state index contributed by atoms with van der Waals surface area (Å²) in [7, 11) is -4.16. The zero-order chi connectivity index (χ0) is 28.6. The van der Waals surface area contributed by atoms with Crippen molar-refractivity contribution in [1.82, 2.24) is 10.2 Å². The van der Waals surface area contributed by atoms with E-state index in [4.69, 9.17) is 16.3 Å². The highest BCUT2D eigenvalue weighted by atomic mass is 79.9.